The van der Waals surface area contributed by atoms with Crippen LogP contribution in [0.1, 0.15) is 32.4 Å². The summed E-state index contributed by atoms with van der Waals surface area (Å²) in [6.07, 6.45) is 0. The molecule has 0 saturated carbocycles. The summed E-state index contributed by atoms with van der Waals surface area (Å²) in [6, 6.07) is 2.26. The van der Waals surface area contributed by atoms with Crippen LogP contribution in [0.2, 0.25) is 0 Å². The summed E-state index contributed by atoms with van der Waals surface area (Å²) < 4.78 is 0. The molecule has 1 aromatic rings. The SMILES string of the molecule is CC(C)(C)[C@@H](N)c1ccsc1.Cl. The van der Waals surface area contributed by atoms with Crippen molar-refractivity contribution in [3.05, 3.63) is 22.4 Å². The summed E-state index contributed by atoms with van der Waals surface area (Å²) >= 11 is 1.70. The molecule has 1 atom stereocenters. The lowest BCUT2D eigenvalue weighted by molar-refractivity contribution is 0.327. The topological polar surface area (TPSA) is 26.0 Å². The molecular formula is C9H16ClNS. The van der Waals surface area contributed by atoms with Gasteiger partial charge in [0.2, 0.25) is 0 Å². The van der Waals surface area contributed by atoms with E-state index < -0.39 is 0 Å². The standard InChI is InChI=1S/C9H15NS.ClH/c1-9(2,3)8(10)7-4-5-11-6-7;/h4-6,8H,10H2,1-3H3;1H/t8-;/m0./s1. The molecule has 0 fully saturated rings. The third-order valence-corrected chi connectivity index (χ3v) is 2.54. The van der Waals surface area contributed by atoms with E-state index in [4.69, 9.17) is 5.73 Å². The maximum atomic E-state index is 6.02. The zero-order chi connectivity index (χ0) is 8.48. The van der Waals surface area contributed by atoms with Crippen molar-refractivity contribution in [2.75, 3.05) is 0 Å². The summed E-state index contributed by atoms with van der Waals surface area (Å²) in [5.41, 5.74) is 7.44. The molecule has 2 N–H and O–H groups in total. The molecule has 0 saturated heterocycles. The highest BCUT2D eigenvalue weighted by Crippen LogP contribution is 2.31. The highest BCUT2D eigenvalue weighted by atomic mass is 35.5. The van der Waals surface area contributed by atoms with Crippen molar-refractivity contribution < 1.29 is 0 Å². The first-order valence-electron chi connectivity index (χ1n) is 3.79. The molecule has 3 heteroatoms. The highest BCUT2D eigenvalue weighted by molar-refractivity contribution is 7.07. The van der Waals surface area contributed by atoms with Crippen LogP contribution in [0.25, 0.3) is 0 Å². The maximum absolute atomic E-state index is 6.02. The van der Waals surface area contributed by atoms with Crippen LogP contribution < -0.4 is 5.73 Å². The van der Waals surface area contributed by atoms with E-state index in [0.29, 0.717) is 0 Å². The van der Waals surface area contributed by atoms with Gasteiger partial charge in [-0.3, -0.25) is 0 Å². The Hall–Kier alpha value is -0.0500. The number of hydrogen-bond acceptors (Lipinski definition) is 2. The average molecular weight is 206 g/mol. The highest BCUT2D eigenvalue weighted by Gasteiger charge is 2.21. The molecule has 0 aromatic carbocycles. The van der Waals surface area contributed by atoms with Crippen LogP contribution in [0.3, 0.4) is 0 Å². The molecule has 70 valence electrons. The van der Waals surface area contributed by atoms with Gasteiger partial charge >= 0.3 is 0 Å². The zero-order valence-electron chi connectivity index (χ0n) is 7.70. The quantitative estimate of drug-likeness (QED) is 0.749. The van der Waals surface area contributed by atoms with Crippen LogP contribution in [0.4, 0.5) is 0 Å². The minimum Gasteiger partial charge on any atom is -0.323 e. The molecule has 0 spiro atoms. The summed E-state index contributed by atoms with van der Waals surface area (Å²) in [7, 11) is 0. The van der Waals surface area contributed by atoms with Gasteiger partial charge in [0.15, 0.2) is 0 Å². The van der Waals surface area contributed by atoms with Gasteiger partial charge in [0.25, 0.3) is 0 Å². The molecule has 1 aromatic heterocycles. The number of halogens is 1. The summed E-state index contributed by atoms with van der Waals surface area (Å²) in [5.74, 6) is 0. The molecule has 0 unspecified atom stereocenters. The van der Waals surface area contributed by atoms with Crippen molar-refractivity contribution in [1.82, 2.24) is 0 Å². The first kappa shape index (κ1) is 11.9. The fraction of sp³-hybridized carbons (Fsp3) is 0.556. The van der Waals surface area contributed by atoms with E-state index in [-0.39, 0.29) is 23.9 Å². The third kappa shape index (κ3) is 2.77. The Morgan fingerprint density at radius 2 is 2.00 bits per heavy atom. The molecule has 0 amide bonds. The summed E-state index contributed by atoms with van der Waals surface area (Å²) in [5, 5.41) is 4.19. The Morgan fingerprint density at radius 1 is 1.42 bits per heavy atom. The lowest BCUT2D eigenvalue weighted by Gasteiger charge is -2.26. The zero-order valence-corrected chi connectivity index (χ0v) is 9.34. The van der Waals surface area contributed by atoms with Gasteiger partial charge in [-0.25, -0.2) is 0 Å². The Kier molecular flexibility index (Phi) is 4.24. The Morgan fingerprint density at radius 3 is 2.33 bits per heavy atom. The van der Waals surface area contributed by atoms with Gasteiger partial charge in [-0.2, -0.15) is 11.3 Å². The molecule has 12 heavy (non-hydrogen) atoms. The van der Waals surface area contributed by atoms with E-state index >= 15 is 0 Å². The van der Waals surface area contributed by atoms with Gasteiger partial charge in [0, 0.05) is 6.04 Å². The Balaban J connectivity index is 0.00000121. The van der Waals surface area contributed by atoms with Crippen LogP contribution in [-0.2, 0) is 0 Å². The van der Waals surface area contributed by atoms with E-state index in [9.17, 15) is 0 Å². The molecule has 0 radical (unpaired) electrons. The summed E-state index contributed by atoms with van der Waals surface area (Å²) in [4.78, 5) is 0. The molecule has 0 aliphatic heterocycles. The van der Waals surface area contributed by atoms with Crippen molar-refractivity contribution in [3.63, 3.8) is 0 Å². The van der Waals surface area contributed by atoms with Gasteiger partial charge in [-0.1, -0.05) is 20.8 Å². The first-order valence-corrected chi connectivity index (χ1v) is 4.74. The molecule has 1 rings (SSSR count). The van der Waals surface area contributed by atoms with Crippen molar-refractivity contribution in [2.24, 2.45) is 11.1 Å². The monoisotopic (exact) mass is 205 g/mol. The lowest BCUT2D eigenvalue weighted by Crippen LogP contribution is -2.25. The van der Waals surface area contributed by atoms with Gasteiger partial charge in [0.05, 0.1) is 0 Å². The Bertz CT molecular complexity index is 213. The minimum atomic E-state index is 0. The van der Waals surface area contributed by atoms with Gasteiger partial charge in [0.1, 0.15) is 0 Å². The third-order valence-electron chi connectivity index (χ3n) is 1.84. The number of thiophene rings is 1. The smallest absolute Gasteiger partial charge is 0.0352 e. The summed E-state index contributed by atoms with van der Waals surface area (Å²) in [6.45, 7) is 6.49. The molecule has 1 heterocycles. The molecular weight excluding hydrogens is 190 g/mol. The van der Waals surface area contributed by atoms with E-state index in [1.807, 2.05) is 0 Å². The van der Waals surface area contributed by atoms with Crippen LogP contribution >= 0.6 is 23.7 Å². The number of nitrogens with two attached hydrogens (primary N) is 1. The molecule has 0 aliphatic carbocycles. The predicted molar refractivity (Wildman–Crippen MR) is 58.0 cm³/mol. The molecule has 1 nitrogen and oxygen atoms in total. The van der Waals surface area contributed by atoms with Crippen molar-refractivity contribution in [1.29, 1.82) is 0 Å². The van der Waals surface area contributed by atoms with Gasteiger partial charge in [-0.05, 0) is 27.8 Å². The van der Waals surface area contributed by atoms with Crippen LogP contribution in [-0.4, -0.2) is 0 Å². The van der Waals surface area contributed by atoms with Gasteiger partial charge < -0.3 is 5.73 Å². The fourth-order valence-corrected chi connectivity index (χ4v) is 1.65. The minimum absolute atomic E-state index is 0. The predicted octanol–water partition coefficient (Wildman–Crippen LogP) is 3.22. The van der Waals surface area contributed by atoms with Crippen LogP contribution in [0.15, 0.2) is 16.8 Å². The molecule has 0 bridgehead atoms. The number of rotatable bonds is 1. The largest absolute Gasteiger partial charge is 0.323 e. The normalized spacial score (nSPS) is 13.7. The van der Waals surface area contributed by atoms with Crippen LogP contribution in [0, 0.1) is 5.41 Å². The van der Waals surface area contributed by atoms with Crippen molar-refractivity contribution in [2.45, 2.75) is 26.8 Å². The lowest BCUT2D eigenvalue weighted by atomic mass is 9.84. The maximum Gasteiger partial charge on any atom is 0.0352 e. The van der Waals surface area contributed by atoms with Crippen LogP contribution in [0.5, 0.6) is 0 Å². The Labute approximate surface area is 84.4 Å². The average Bonchev–Trinajstić information content (AvgIpc) is 2.34. The van der Waals surface area contributed by atoms with E-state index in [1.165, 1.54) is 5.56 Å². The first-order chi connectivity index (χ1) is 5.02. The second kappa shape index (κ2) is 4.26. The second-order valence-corrected chi connectivity index (χ2v) is 4.68. The number of hydrogen-bond donors (Lipinski definition) is 1. The fourth-order valence-electron chi connectivity index (χ4n) is 0.952. The molecule has 0 aliphatic rings. The van der Waals surface area contributed by atoms with Gasteiger partial charge in [-0.15, -0.1) is 12.4 Å². The van der Waals surface area contributed by atoms with Crippen molar-refractivity contribution in [3.8, 4) is 0 Å². The van der Waals surface area contributed by atoms with E-state index in [2.05, 4.69) is 37.6 Å². The van der Waals surface area contributed by atoms with E-state index in [1.54, 1.807) is 11.3 Å². The van der Waals surface area contributed by atoms with E-state index in [0.717, 1.165) is 0 Å². The van der Waals surface area contributed by atoms with Crippen molar-refractivity contribution >= 4 is 23.7 Å². The second-order valence-electron chi connectivity index (χ2n) is 3.90.